The highest BCUT2D eigenvalue weighted by molar-refractivity contribution is 5.99. The number of hydrogen-bond donors (Lipinski definition) is 3. The maximum absolute atomic E-state index is 12.2. The molecular formula is C15H23N3O4. The second-order valence-electron chi connectivity index (χ2n) is 4.84. The summed E-state index contributed by atoms with van der Waals surface area (Å²) in [6.45, 7) is 3.82. The average Bonchev–Trinajstić information content (AvgIpc) is 2.50. The van der Waals surface area contributed by atoms with Gasteiger partial charge in [-0.1, -0.05) is 0 Å². The normalized spacial score (nSPS) is 11.5. The van der Waals surface area contributed by atoms with Crippen molar-refractivity contribution in [2.45, 2.75) is 19.9 Å². The number of ether oxygens (including phenoxy) is 2. The Labute approximate surface area is 130 Å². The molecule has 0 heterocycles. The quantitative estimate of drug-likeness (QED) is 0.699. The predicted octanol–water partition coefficient (Wildman–Crippen LogP) is 1.000. The summed E-state index contributed by atoms with van der Waals surface area (Å²) >= 11 is 0. The standard InChI is InChI=1S/C15H23N3O4/c1-9(16-3)8-17-15(20)11-6-12(18-10(2)19)14(22-5)13(7-11)21-4/h6-7,9,16H,8H2,1-5H3,(H,17,20)(H,18,19). The molecule has 0 saturated heterocycles. The number of amides is 2. The molecule has 0 aromatic heterocycles. The molecule has 0 fully saturated rings. The zero-order chi connectivity index (χ0) is 16.7. The van der Waals surface area contributed by atoms with E-state index in [1.165, 1.54) is 21.1 Å². The Morgan fingerprint density at radius 2 is 1.91 bits per heavy atom. The third-order valence-electron chi connectivity index (χ3n) is 3.11. The van der Waals surface area contributed by atoms with Crippen molar-refractivity contribution < 1.29 is 19.1 Å². The fraction of sp³-hybridized carbons (Fsp3) is 0.467. The van der Waals surface area contributed by atoms with E-state index in [1.54, 1.807) is 12.1 Å². The fourth-order valence-corrected chi connectivity index (χ4v) is 1.83. The molecule has 0 bridgehead atoms. The molecule has 1 aromatic rings. The molecular weight excluding hydrogens is 286 g/mol. The lowest BCUT2D eigenvalue weighted by Gasteiger charge is -2.16. The highest BCUT2D eigenvalue weighted by Crippen LogP contribution is 2.36. The van der Waals surface area contributed by atoms with Crippen molar-refractivity contribution in [3.05, 3.63) is 17.7 Å². The van der Waals surface area contributed by atoms with Gasteiger partial charge in [0.1, 0.15) is 0 Å². The lowest BCUT2D eigenvalue weighted by Crippen LogP contribution is -2.37. The highest BCUT2D eigenvalue weighted by Gasteiger charge is 2.17. The number of methoxy groups -OCH3 is 2. The summed E-state index contributed by atoms with van der Waals surface area (Å²) in [4.78, 5) is 23.5. The molecule has 7 heteroatoms. The molecule has 7 nitrogen and oxygen atoms in total. The van der Waals surface area contributed by atoms with Crippen LogP contribution in [0, 0.1) is 0 Å². The number of likely N-dealkylation sites (N-methyl/N-ethyl adjacent to an activating group) is 1. The monoisotopic (exact) mass is 309 g/mol. The van der Waals surface area contributed by atoms with Crippen molar-refractivity contribution in [1.82, 2.24) is 10.6 Å². The Bertz CT molecular complexity index is 546. The van der Waals surface area contributed by atoms with Crippen LogP contribution in [0.3, 0.4) is 0 Å². The van der Waals surface area contributed by atoms with Gasteiger partial charge >= 0.3 is 0 Å². The predicted molar refractivity (Wildman–Crippen MR) is 84.7 cm³/mol. The molecule has 1 atom stereocenters. The first kappa shape index (κ1) is 17.8. The Balaban J connectivity index is 3.09. The Morgan fingerprint density at radius 3 is 2.41 bits per heavy atom. The van der Waals surface area contributed by atoms with E-state index in [4.69, 9.17) is 9.47 Å². The van der Waals surface area contributed by atoms with E-state index in [2.05, 4.69) is 16.0 Å². The molecule has 0 aliphatic rings. The van der Waals surface area contributed by atoms with Gasteiger partial charge in [0, 0.05) is 25.1 Å². The summed E-state index contributed by atoms with van der Waals surface area (Å²) in [5, 5.41) is 8.48. The lowest BCUT2D eigenvalue weighted by atomic mass is 10.1. The number of nitrogens with one attached hydrogen (secondary N) is 3. The summed E-state index contributed by atoms with van der Waals surface area (Å²) < 4.78 is 10.5. The molecule has 0 spiro atoms. The van der Waals surface area contributed by atoms with E-state index in [-0.39, 0.29) is 17.9 Å². The van der Waals surface area contributed by atoms with Crippen LogP contribution in [0.15, 0.2) is 12.1 Å². The largest absolute Gasteiger partial charge is 0.493 e. The first-order valence-electron chi connectivity index (χ1n) is 6.92. The highest BCUT2D eigenvalue weighted by atomic mass is 16.5. The molecule has 0 radical (unpaired) electrons. The van der Waals surface area contributed by atoms with E-state index >= 15 is 0 Å². The molecule has 0 aliphatic heterocycles. The third-order valence-corrected chi connectivity index (χ3v) is 3.11. The van der Waals surface area contributed by atoms with Crippen LogP contribution in [0.25, 0.3) is 0 Å². The summed E-state index contributed by atoms with van der Waals surface area (Å²) in [5.41, 5.74) is 0.769. The molecule has 0 aliphatic carbocycles. The maximum Gasteiger partial charge on any atom is 0.251 e. The molecule has 1 unspecified atom stereocenters. The van der Waals surface area contributed by atoms with Gasteiger partial charge in [-0.05, 0) is 26.1 Å². The van der Waals surface area contributed by atoms with E-state index in [0.29, 0.717) is 29.3 Å². The van der Waals surface area contributed by atoms with Crippen LogP contribution >= 0.6 is 0 Å². The number of benzene rings is 1. The minimum absolute atomic E-state index is 0.152. The fourth-order valence-electron chi connectivity index (χ4n) is 1.83. The first-order valence-corrected chi connectivity index (χ1v) is 6.92. The Morgan fingerprint density at radius 1 is 1.23 bits per heavy atom. The van der Waals surface area contributed by atoms with Gasteiger partial charge in [0.25, 0.3) is 5.91 Å². The SMILES string of the molecule is CNC(C)CNC(=O)c1cc(NC(C)=O)c(OC)c(OC)c1. The van der Waals surface area contributed by atoms with Crippen LogP contribution in [-0.4, -0.2) is 45.7 Å². The first-order chi connectivity index (χ1) is 10.4. The summed E-state index contributed by atoms with van der Waals surface area (Å²) in [6.07, 6.45) is 0. The van der Waals surface area contributed by atoms with Crippen molar-refractivity contribution in [3.8, 4) is 11.5 Å². The molecule has 2 amide bonds. The van der Waals surface area contributed by atoms with Crippen LogP contribution in [-0.2, 0) is 4.79 Å². The molecule has 1 aromatic carbocycles. The number of carbonyl (C=O) groups is 2. The smallest absolute Gasteiger partial charge is 0.251 e. The van der Waals surface area contributed by atoms with E-state index in [0.717, 1.165) is 0 Å². The maximum atomic E-state index is 12.2. The van der Waals surface area contributed by atoms with Gasteiger partial charge in [-0.25, -0.2) is 0 Å². The van der Waals surface area contributed by atoms with E-state index < -0.39 is 0 Å². The van der Waals surface area contributed by atoms with Crippen LogP contribution < -0.4 is 25.4 Å². The Hall–Kier alpha value is -2.28. The van der Waals surface area contributed by atoms with E-state index in [1.807, 2.05) is 14.0 Å². The molecule has 3 N–H and O–H groups in total. The van der Waals surface area contributed by atoms with Crippen LogP contribution in [0.1, 0.15) is 24.2 Å². The van der Waals surface area contributed by atoms with Crippen LogP contribution in [0.2, 0.25) is 0 Å². The van der Waals surface area contributed by atoms with Gasteiger partial charge in [0.15, 0.2) is 11.5 Å². The van der Waals surface area contributed by atoms with Gasteiger partial charge in [-0.3, -0.25) is 9.59 Å². The topological polar surface area (TPSA) is 88.7 Å². The molecule has 122 valence electrons. The van der Waals surface area contributed by atoms with E-state index in [9.17, 15) is 9.59 Å². The van der Waals surface area contributed by atoms with Gasteiger partial charge in [-0.15, -0.1) is 0 Å². The van der Waals surface area contributed by atoms with Gasteiger partial charge in [0.2, 0.25) is 5.91 Å². The Kier molecular flexibility index (Phi) is 6.65. The summed E-state index contributed by atoms with van der Waals surface area (Å²) in [7, 11) is 4.76. The zero-order valence-electron chi connectivity index (χ0n) is 13.6. The van der Waals surface area contributed by atoms with Gasteiger partial charge < -0.3 is 25.4 Å². The number of hydrogen-bond acceptors (Lipinski definition) is 5. The minimum Gasteiger partial charge on any atom is -0.493 e. The number of rotatable bonds is 7. The molecule has 1 rings (SSSR count). The zero-order valence-corrected chi connectivity index (χ0v) is 13.6. The third kappa shape index (κ3) is 4.63. The summed E-state index contributed by atoms with van der Waals surface area (Å²) in [5.74, 6) is 0.231. The van der Waals surface area contributed by atoms with Gasteiger partial charge in [0.05, 0.1) is 19.9 Å². The second kappa shape index (κ2) is 8.23. The minimum atomic E-state index is -0.262. The van der Waals surface area contributed by atoms with Crippen LogP contribution in [0.4, 0.5) is 5.69 Å². The lowest BCUT2D eigenvalue weighted by molar-refractivity contribution is -0.114. The van der Waals surface area contributed by atoms with Crippen LogP contribution in [0.5, 0.6) is 11.5 Å². The average molecular weight is 309 g/mol. The number of carbonyl (C=O) groups excluding carboxylic acids is 2. The number of anilines is 1. The van der Waals surface area contributed by atoms with Crippen molar-refractivity contribution in [2.24, 2.45) is 0 Å². The van der Waals surface area contributed by atoms with Crippen molar-refractivity contribution in [1.29, 1.82) is 0 Å². The van der Waals surface area contributed by atoms with Crippen molar-refractivity contribution >= 4 is 17.5 Å². The van der Waals surface area contributed by atoms with Crippen molar-refractivity contribution in [3.63, 3.8) is 0 Å². The summed E-state index contributed by atoms with van der Waals surface area (Å²) in [6, 6.07) is 3.28. The van der Waals surface area contributed by atoms with Crippen molar-refractivity contribution in [2.75, 3.05) is 33.1 Å². The molecule has 0 saturated carbocycles. The second-order valence-corrected chi connectivity index (χ2v) is 4.84. The van der Waals surface area contributed by atoms with Gasteiger partial charge in [-0.2, -0.15) is 0 Å². The molecule has 22 heavy (non-hydrogen) atoms.